The Labute approximate surface area is 164 Å². The zero-order valence-electron chi connectivity index (χ0n) is 17.2. The van der Waals surface area contributed by atoms with Crippen molar-refractivity contribution in [3.63, 3.8) is 0 Å². The lowest BCUT2D eigenvalue weighted by Crippen LogP contribution is -2.40. The summed E-state index contributed by atoms with van der Waals surface area (Å²) in [6, 6.07) is 8.79. The van der Waals surface area contributed by atoms with Crippen molar-refractivity contribution in [3.8, 4) is 0 Å². The van der Waals surface area contributed by atoms with Crippen LogP contribution in [0.3, 0.4) is 0 Å². The fourth-order valence-electron chi connectivity index (χ4n) is 4.04. The van der Waals surface area contributed by atoms with Crippen LogP contribution in [-0.2, 0) is 14.9 Å². The van der Waals surface area contributed by atoms with Crippen molar-refractivity contribution in [1.29, 1.82) is 0 Å². The molecule has 27 heavy (non-hydrogen) atoms. The number of ether oxygens (including phenoxy) is 2. The largest absolute Gasteiger partial charge is 0.382 e. The highest BCUT2D eigenvalue weighted by molar-refractivity contribution is 5.80. The Hall–Kier alpha value is -1.59. The van der Waals surface area contributed by atoms with Crippen LogP contribution in [0.1, 0.15) is 37.3 Å². The summed E-state index contributed by atoms with van der Waals surface area (Å²) >= 11 is 0. The smallest absolute Gasteiger partial charge is 0.193 e. The minimum absolute atomic E-state index is 0.258. The summed E-state index contributed by atoms with van der Waals surface area (Å²) in [5.41, 5.74) is 3.13. The van der Waals surface area contributed by atoms with E-state index in [4.69, 9.17) is 14.5 Å². The molecule has 0 amide bonds. The van der Waals surface area contributed by atoms with Crippen molar-refractivity contribution < 1.29 is 9.47 Å². The van der Waals surface area contributed by atoms with Gasteiger partial charge in [0.05, 0.1) is 26.4 Å². The monoisotopic (exact) mass is 373 g/mol. The number of benzene rings is 1. The highest BCUT2D eigenvalue weighted by Gasteiger charge is 2.45. The summed E-state index contributed by atoms with van der Waals surface area (Å²) in [5, 5.41) is 3.50. The van der Waals surface area contributed by atoms with Crippen LogP contribution in [0.4, 0.5) is 0 Å². The maximum atomic E-state index is 5.73. The van der Waals surface area contributed by atoms with Gasteiger partial charge in [0, 0.05) is 38.1 Å². The van der Waals surface area contributed by atoms with E-state index in [0.29, 0.717) is 19.1 Å². The van der Waals surface area contributed by atoms with E-state index < -0.39 is 0 Å². The molecule has 0 spiro atoms. The number of hydrogen-bond acceptors (Lipinski definition) is 3. The van der Waals surface area contributed by atoms with Crippen LogP contribution in [0.15, 0.2) is 29.3 Å². The summed E-state index contributed by atoms with van der Waals surface area (Å²) in [7, 11) is 1.71. The first-order chi connectivity index (χ1) is 13.2. The Bertz CT molecular complexity index is 628. The van der Waals surface area contributed by atoms with Gasteiger partial charge in [0.25, 0.3) is 0 Å². The number of nitrogens with zero attached hydrogens (tertiary/aromatic N) is 2. The van der Waals surface area contributed by atoms with E-state index in [1.807, 2.05) is 0 Å². The molecule has 1 heterocycles. The lowest BCUT2D eigenvalue weighted by molar-refractivity contribution is 0.0536. The third kappa shape index (κ3) is 5.23. The van der Waals surface area contributed by atoms with Crippen molar-refractivity contribution in [2.45, 2.75) is 38.5 Å². The molecule has 1 aliphatic carbocycles. The molecule has 1 N–H and O–H groups in total. The maximum Gasteiger partial charge on any atom is 0.193 e. The number of guanidine groups is 1. The number of rotatable bonds is 9. The Morgan fingerprint density at radius 3 is 2.81 bits per heavy atom. The van der Waals surface area contributed by atoms with Crippen molar-refractivity contribution in [2.75, 3.05) is 53.1 Å². The Morgan fingerprint density at radius 2 is 2.11 bits per heavy atom. The fraction of sp³-hybridized carbons (Fsp3) is 0.682. The summed E-state index contributed by atoms with van der Waals surface area (Å²) in [6.07, 6.45) is 3.66. The molecule has 1 saturated heterocycles. The standard InChI is InChI=1S/C22H35N3O2/c1-4-23-21(25-12-9-19(15-25)16-27-14-13-26-3)24-17-22(10-11-22)20-8-6-5-7-18(20)2/h5-8,19H,4,9-17H2,1-3H3,(H,23,24). The molecule has 1 saturated carbocycles. The second kappa shape index (κ2) is 9.56. The molecule has 0 bridgehead atoms. The van der Waals surface area contributed by atoms with E-state index in [2.05, 4.69) is 48.3 Å². The van der Waals surface area contributed by atoms with Gasteiger partial charge >= 0.3 is 0 Å². The van der Waals surface area contributed by atoms with E-state index in [-0.39, 0.29) is 5.41 Å². The van der Waals surface area contributed by atoms with E-state index in [1.54, 1.807) is 7.11 Å². The molecule has 5 nitrogen and oxygen atoms in total. The molecule has 150 valence electrons. The number of aryl methyl sites for hydroxylation is 1. The van der Waals surface area contributed by atoms with Crippen LogP contribution >= 0.6 is 0 Å². The molecule has 0 aromatic heterocycles. The molecule has 2 fully saturated rings. The predicted octanol–water partition coefficient (Wildman–Crippen LogP) is 2.98. The lowest BCUT2D eigenvalue weighted by Gasteiger charge is -2.23. The van der Waals surface area contributed by atoms with Crippen molar-refractivity contribution >= 4 is 5.96 Å². The van der Waals surface area contributed by atoms with Crippen LogP contribution in [0, 0.1) is 12.8 Å². The predicted molar refractivity (Wildman–Crippen MR) is 110 cm³/mol. The van der Waals surface area contributed by atoms with Gasteiger partial charge < -0.3 is 19.7 Å². The molecular weight excluding hydrogens is 338 g/mol. The van der Waals surface area contributed by atoms with Crippen LogP contribution in [0.25, 0.3) is 0 Å². The van der Waals surface area contributed by atoms with Gasteiger partial charge in [0.15, 0.2) is 5.96 Å². The van der Waals surface area contributed by atoms with Gasteiger partial charge in [-0.1, -0.05) is 24.3 Å². The van der Waals surface area contributed by atoms with E-state index in [9.17, 15) is 0 Å². The number of hydrogen-bond donors (Lipinski definition) is 1. The Balaban J connectivity index is 1.58. The average molecular weight is 374 g/mol. The highest BCUT2D eigenvalue weighted by Crippen LogP contribution is 2.49. The quantitative estimate of drug-likeness (QED) is 0.411. The van der Waals surface area contributed by atoms with Gasteiger partial charge in [-0.25, -0.2) is 0 Å². The van der Waals surface area contributed by atoms with E-state index in [0.717, 1.165) is 38.7 Å². The first kappa shape index (κ1) is 20.2. The summed E-state index contributed by atoms with van der Waals surface area (Å²) in [4.78, 5) is 7.47. The Kier molecular flexibility index (Phi) is 7.13. The number of aliphatic imine (C=N–C) groups is 1. The molecule has 0 radical (unpaired) electrons. The van der Waals surface area contributed by atoms with Crippen LogP contribution in [0.2, 0.25) is 0 Å². The van der Waals surface area contributed by atoms with Gasteiger partial charge in [-0.2, -0.15) is 0 Å². The first-order valence-corrected chi connectivity index (χ1v) is 10.3. The maximum absolute atomic E-state index is 5.73. The number of nitrogens with one attached hydrogen (secondary N) is 1. The molecule has 2 aliphatic rings. The molecule has 1 atom stereocenters. The number of likely N-dealkylation sites (tertiary alicyclic amines) is 1. The zero-order chi connectivity index (χ0) is 19.1. The molecule has 1 aliphatic heterocycles. The molecule has 5 heteroatoms. The van der Waals surface area contributed by atoms with Crippen molar-refractivity contribution in [3.05, 3.63) is 35.4 Å². The third-order valence-electron chi connectivity index (χ3n) is 5.81. The van der Waals surface area contributed by atoms with Gasteiger partial charge in [0.2, 0.25) is 0 Å². The highest BCUT2D eigenvalue weighted by atomic mass is 16.5. The second-order valence-electron chi connectivity index (χ2n) is 7.93. The minimum Gasteiger partial charge on any atom is -0.382 e. The fourth-order valence-corrected chi connectivity index (χ4v) is 4.04. The Morgan fingerprint density at radius 1 is 1.30 bits per heavy atom. The molecule has 3 rings (SSSR count). The molecule has 1 unspecified atom stereocenters. The third-order valence-corrected chi connectivity index (χ3v) is 5.81. The van der Waals surface area contributed by atoms with Crippen molar-refractivity contribution in [1.82, 2.24) is 10.2 Å². The topological polar surface area (TPSA) is 46.1 Å². The average Bonchev–Trinajstić information content (AvgIpc) is 3.31. The van der Waals surface area contributed by atoms with Crippen LogP contribution < -0.4 is 5.32 Å². The van der Waals surface area contributed by atoms with Crippen LogP contribution in [-0.4, -0.2) is 64.0 Å². The molecule has 1 aromatic rings. The summed E-state index contributed by atoms with van der Waals surface area (Å²) in [6.45, 7) is 10.4. The lowest BCUT2D eigenvalue weighted by atomic mass is 9.92. The van der Waals surface area contributed by atoms with Gasteiger partial charge in [-0.05, 0) is 44.2 Å². The zero-order valence-corrected chi connectivity index (χ0v) is 17.2. The van der Waals surface area contributed by atoms with Gasteiger partial charge in [0.1, 0.15) is 0 Å². The normalized spacial score (nSPS) is 21.5. The van der Waals surface area contributed by atoms with E-state index >= 15 is 0 Å². The SMILES string of the molecule is CCNC(=NCC1(c2ccccc2C)CC1)N1CCC(COCCOC)C1. The first-order valence-electron chi connectivity index (χ1n) is 10.3. The number of methoxy groups -OCH3 is 1. The summed E-state index contributed by atoms with van der Waals surface area (Å²) < 4.78 is 10.8. The second-order valence-corrected chi connectivity index (χ2v) is 7.93. The van der Waals surface area contributed by atoms with Crippen molar-refractivity contribution in [2.24, 2.45) is 10.9 Å². The molecule has 1 aromatic carbocycles. The van der Waals surface area contributed by atoms with E-state index in [1.165, 1.54) is 30.4 Å². The summed E-state index contributed by atoms with van der Waals surface area (Å²) in [5.74, 6) is 1.65. The van der Waals surface area contributed by atoms with Gasteiger partial charge in [-0.15, -0.1) is 0 Å². The minimum atomic E-state index is 0.258. The molecular formula is C22H35N3O2. The van der Waals surface area contributed by atoms with Gasteiger partial charge in [-0.3, -0.25) is 4.99 Å². The van der Waals surface area contributed by atoms with Crippen LogP contribution in [0.5, 0.6) is 0 Å².